The van der Waals surface area contributed by atoms with Gasteiger partial charge in [0.1, 0.15) is 0 Å². The third kappa shape index (κ3) is 9.04. The molecule has 0 N–H and O–H groups in total. The maximum Gasteiger partial charge on any atom is 0.672 e. The Morgan fingerprint density at radius 2 is 0.839 bits per heavy atom. The first-order chi connectivity index (χ1) is 14.7. The number of hydrogen-bond acceptors (Lipinski definition) is 7. The summed E-state index contributed by atoms with van der Waals surface area (Å²) in [4.78, 5) is 0. The molecule has 0 fully saturated rings. The van der Waals surface area contributed by atoms with Crippen molar-refractivity contribution in [1.29, 1.82) is 0 Å². The van der Waals surface area contributed by atoms with Gasteiger partial charge in [0, 0.05) is 32.5 Å². The fraction of sp³-hybridized carbons (Fsp3) is 1.00. The van der Waals surface area contributed by atoms with Crippen molar-refractivity contribution in [2.75, 3.05) is 26.4 Å². The Kier molecular flexibility index (Phi) is 15.8. The van der Waals surface area contributed by atoms with Gasteiger partial charge in [0.15, 0.2) is 8.32 Å². The lowest BCUT2D eigenvalue weighted by molar-refractivity contribution is -0.0154. The Morgan fingerprint density at radius 1 is 0.419 bits per heavy atom. The van der Waals surface area contributed by atoms with Crippen LogP contribution in [0.5, 0.6) is 0 Å². The zero-order valence-electron chi connectivity index (χ0n) is 21.9. The van der Waals surface area contributed by atoms with Crippen LogP contribution < -0.4 is 0 Å². The second kappa shape index (κ2) is 15.5. The van der Waals surface area contributed by atoms with Gasteiger partial charge in [-0.05, 0) is 57.9 Å². The van der Waals surface area contributed by atoms with Crippen LogP contribution in [0.3, 0.4) is 0 Å². The predicted molar refractivity (Wildman–Crippen MR) is 136 cm³/mol. The van der Waals surface area contributed by atoms with E-state index >= 15 is 0 Å². The van der Waals surface area contributed by atoms with Gasteiger partial charge < -0.3 is 30.0 Å². The maximum absolute atomic E-state index is 7.09. The van der Waals surface area contributed by atoms with E-state index in [2.05, 4.69) is 41.5 Å². The van der Waals surface area contributed by atoms with E-state index in [0.29, 0.717) is 32.5 Å². The van der Waals surface area contributed by atoms with E-state index in [-0.39, 0.29) is 0 Å². The highest BCUT2D eigenvalue weighted by molar-refractivity contribution is 6.88. The second-order valence-electron chi connectivity index (χ2n) is 7.44. The summed E-state index contributed by atoms with van der Waals surface area (Å²) in [5.74, 6) is 0. The first kappa shape index (κ1) is 31.6. The molecule has 0 amide bonds. The van der Waals surface area contributed by atoms with Crippen LogP contribution in [0.15, 0.2) is 0 Å². The van der Waals surface area contributed by atoms with Crippen LogP contribution in [0.4, 0.5) is 0 Å². The summed E-state index contributed by atoms with van der Waals surface area (Å²) in [6.45, 7) is 22.7. The summed E-state index contributed by atoms with van der Waals surface area (Å²) in [5.41, 5.74) is 0. The van der Waals surface area contributed by atoms with E-state index in [0.717, 1.165) is 30.2 Å². The Morgan fingerprint density at radius 3 is 1.13 bits per heavy atom. The minimum absolute atomic E-state index is 0.435. The molecular weight excluding hydrogens is 465 g/mol. The van der Waals surface area contributed by atoms with Crippen molar-refractivity contribution in [3.8, 4) is 0 Å². The van der Waals surface area contributed by atoms with E-state index in [1.54, 1.807) is 0 Å². The van der Waals surface area contributed by atoms with Crippen LogP contribution in [0, 0.1) is 0 Å². The molecule has 0 heterocycles. The zero-order valence-corrected chi connectivity index (χ0v) is 25.9. The van der Waals surface area contributed by atoms with Gasteiger partial charge in [-0.2, -0.15) is 0 Å². The van der Waals surface area contributed by atoms with Crippen LogP contribution in [-0.4, -0.2) is 61.2 Å². The molecule has 0 aliphatic rings. The van der Waals surface area contributed by atoms with E-state index in [9.17, 15) is 0 Å². The normalized spacial score (nSPS) is 15.3. The molecule has 0 saturated carbocycles. The van der Waals surface area contributed by atoms with Crippen molar-refractivity contribution in [3.05, 3.63) is 0 Å². The van der Waals surface area contributed by atoms with Gasteiger partial charge in [-0.3, -0.25) is 0 Å². The second-order valence-corrected chi connectivity index (χ2v) is 21.8. The van der Waals surface area contributed by atoms with Gasteiger partial charge in [0.05, 0.1) is 0 Å². The largest absolute Gasteiger partial charge is 0.672 e. The molecule has 0 bridgehead atoms. The Balaban J connectivity index is 6.25. The SMILES string of the molecule is CCO[Si](CC)(O[Si](CC)(CC)O[Si](CC)(CC)CC)O[Si](OCC)(OCC)OCC. The quantitative estimate of drug-likeness (QED) is 0.183. The van der Waals surface area contributed by atoms with Gasteiger partial charge in [-0.25, -0.2) is 0 Å². The van der Waals surface area contributed by atoms with E-state index in [1.165, 1.54) is 0 Å². The van der Waals surface area contributed by atoms with Crippen LogP contribution in [0.1, 0.15) is 69.2 Å². The van der Waals surface area contributed by atoms with Crippen molar-refractivity contribution in [2.45, 2.75) is 106 Å². The summed E-state index contributed by atoms with van der Waals surface area (Å²) in [5, 5.41) is 0. The molecule has 0 aromatic carbocycles. The van der Waals surface area contributed by atoms with Crippen molar-refractivity contribution in [1.82, 2.24) is 0 Å². The lowest BCUT2D eigenvalue weighted by Crippen LogP contribution is -2.65. The predicted octanol–water partition coefficient (Wildman–Crippen LogP) is 6.06. The van der Waals surface area contributed by atoms with Gasteiger partial charge >= 0.3 is 26.4 Å². The zero-order chi connectivity index (χ0) is 24.0. The maximum atomic E-state index is 7.09. The van der Waals surface area contributed by atoms with E-state index in [4.69, 9.17) is 30.0 Å². The average molecular weight is 515 g/mol. The molecule has 0 aromatic rings. The van der Waals surface area contributed by atoms with E-state index < -0.39 is 34.7 Å². The summed E-state index contributed by atoms with van der Waals surface area (Å²) in [6.07, 6.45) is 0. The molecule has 188 valence electrons. The fourth-order valence-corrected chi connectivity index (χ4v) is 22.0. The fourth-order valence-electron chi connectivity index (χ4n) is 3.68. The summed E-state index contributed by atoms with van der Waals surface area (Å²) in [7, 11) is -11.0. The standard InChI is InChI=1S/C20H50O7Si4/c1-11-21-30(20-10,27-31(22-12-2,23-13-3)24-14-4)26-29(18-8,19-9)25-28(15-5,16-6)17-7/h11-20H2,1-10H3. The van der Waals surface area contributed by atoms with Gasteiger partial charge in [0.2, 0.25) is 0 Å². The minimum Gasteiger partial charge on any atom is -0.436 e. The van der Waals surface area contributed by atoms with Gasteiger partial charge in [0.25, 0.3) is 0 Å². The Bertz CT molecular complexity index is 440. The molecule has 0 rings (SSSR count). The van der Waals surface area contributed by atoms with E-state index in [1.807, 2.05) is 27.7 Å². The molecule has 1 atom stereocenters. The minimum atomic E-state index is -3.41. The Hall–Kier alpha value is 0.588. The van der Waals surface area contributed by atoms with Crippen LogP contribution in [-0.2, 0) is 30.0 Å². The third-order valence-electron chi connectivity index (χ3n) is 5.80. The topological polar surface area (TPSA) is 64.6 Å². The van der Waals surface area contributed by atoms with Crippen LogP contribution in [0.2, 0.25) is 36.3 Å². The molecule has 0 spiro atoms. The Labute approximate surface area is 196 Å². The first-order valence-corrected chi connectivity index (χ1v) is 20.7. The molecule has 0 aliphatic heterocycles. The number of rotatable bonds is 20. The highest BCUT2D eigenvalue weighted by Gasteiger charge is 2.59. The smallest absolute Gasteiger partial charge is 0.436 e. The van der Waals surface area contributed by atoms with Crippen molar-refractivity contribution >= 4 is 34.7 Å². The van der Waals surface area contributed by atoms with Gasteiger partial charge in [-0.15, -0.1) is 0 Å². The lowest BCUT2D eigenvalue weighted by atomic mass is 10.9. The number of hydrogen-bond donors (Lipinski definition) is 0. The van der Waals surface area contributed by atoms with Crippen molar-refractivity contribution in [3.63, 3.8) is 0 Å². The molecule has 11 heteroatoms. The molecular formula is C20H50O7Si4. The highest BCUT2D eigenvalue weighted by atomic mass is 28.5. The summed E-state index contributed by atoms with van der Waals surface area (Å²) in [6, 6.07) is 5.59. The lowest BCUT2D eigenvalue weighted by Gasteiger charge is -2.45. The molecule has 31 heavy (non-hydrogen) atoms. The van der Waals surface area contributed by atoms with Gasteiger partial charge in [-0.1, -0.05) is 41.5 Å². The average Bonchev–Trinajstić information content (AvgIpc) is 2.77. The first-order valence-electron chi connectivity index (χ1n) is 12.4. The molecule has 0 aliphatic carbocycles. The monoisotopic (exact) mass is 514 g/mol. The van der Waals surface area contributed by atoms with Crippen molar-refractivity contribution in [2.24, 2.45) is 0 Å². The summed E-state index contributed by atoms with van der Waals surface area (Å²) >= 11 is 0. The molecule has 0 aromatic heterocycles. The van der Waals surface area contributed by atoms with Crippen LogP contribution >= 0.6 is 0 Å². The molecule has 1 unspecified atom stereocenters. The summed E-state index contributed by atoms with van der Waals surface area (Å²) < 4.78 is 45.0. The molecule has 7 nitrogen and oxygen atoms in total. The third-order valence-corrected chi connectivity index (χ3v) is 23.5. The van der Waals surface area contributed by atoms with Crippen LogP contribution in [0.25, 0.3) is 0 Å². The molecule has 0 radical (unpaired) electrons. The van der Waals surface area contributed by atoms with Crippen molar-refractivity contribution < 1.29 is 30.0 Å². The highest BCUT2D eigenvalue weighted by Crippen LogP contribution is 2.35. The molecule has 0 saturated heterocycles.